The van der Waals surface area contributed by atoms with Gasteiger partial charge >= 0.3 is 0 Å². The second-order valence-electron chi connectivity index (χ2n) is 6.79. The van der Waals surface area contributed by atoms with Crippen LogP contribution in [0.2, 0.25) is 0 Å². The molecule has 1 aromatic heterocycles. The Morgan fingerprint density at radius 3 is 1.96 bits per heavy atom. The lowest BCUT2D eigenvalue weighted by Crippen LogP contribution is -2.02. The van der Waals surface area contributed by atoms with Gasteiger partial charge in [-0.3, -0.25) is 0 Å². The summed E-state index contributed by atoms with van der Waals surface area (Å²) >= 11 is 0. The minimum atomic E-state index is -0.537. The molecule has 5 heteroatoms. The molecule has 3 aromatic rings. The van der Waals surface area contributed by atoms with Gasteiger partial charge in [0.05, 0.1) is 0 Å². The fraction of sp³-hybridized carbons (Fsp3) is 0.273. The van der Waals surface area contributed by atoms with Gasteiger partial charge in [0.2, 0.25) is 0 Å². The minimum Gasteiger partial charge on any atom is -0.241 e. The fourth-order valence-corrected chi connectivity index (χ4v) is 2.87. The van der Waals surface area contributed by atoms with E-state index in [1.807, 2.05) is 13.0 Å². The van der Waals surface area contributed by atoms with Crippen molar-refractivity contribution < 1.29 is 13.2 Å². The lowest BCUT2D eigenvalue weighted by atomic mass is 10.0. The molecule has 0 aliphatic heterocycles. The number of nitrogens with zero attached hydrogens (tertiary/aromatic N) is 2. The predicted molar refractivity (Wildman–Crippen MR) is 99.1 cm³/mol. The molecule has 27 heavy (non-hydrogen) atoms. The monoisotopic (exact) mass is 370 g/mol. The van der Waals surface area contributed by atoms with Gasteiger partial charge in [0.1, 0.15) is 23.3 Å². The van der Waals surface area contributed by atoms with Crippen LogP contribution in [0.1, 0.15) is 33.6 Å². The standard InChI is InChI=1S/C22H21F3N2/c1-14-3-6-18(21(25)9-14)7-4-17-12-26-22(27-13-17)8-5-16-10-19(23)15(2)20(24)11-16/h3,6,9-13H,4-5,7-8H2,1-2H3. The maximum Gasteiger partial charge on any atom is 0.129 e. The Kier molecular flexibility index (Phi) is 5.89. The molecule has 0 spiro atoms. The van der Waals surface area contributed by atoms with Crippen LogP contribution in [0.15, 0.2) is 42.7 Å². The van der Waals surface area contributed by atoms with Crippen LogP contribution < -0.4 is 0 Å². The molecule has 0 radical (unpaired) electrons. The highest BCUT2D eigenvalue weighted by Gasteiger charge is 2.08. The van der Waals surface area contributed by atoms with Crippen molar-refractivity contribution in [3.63, 3.8) is 0 Å². The molecule has 0 amide bonds. The molecule has 140 valence electrons. The highest BCUT2D eigenvalue weighted by atomic mass is 19.1. The van der Waals surface area contributed by atoms with E-state index in [4.69, 9.17) is 0 Å². The molecule has 0 saturated carbocycles. The summed E-state index contributed by atoms with van der Waals surface area (Å²) in [4.78, 5) is 8.63. The van der Waals surface area contributed by atoms with E-state index in [2.05, 4.69) is 9.97 Å². The highest BCUT2D eigenvalue weighted by Crippen LogP contribution is 2.16. The van der Waals surface area contributed by atoms with Crippen LogP contribution in [0.3, 0.4) is 0 Å². The Hall–Kier alpha value is -2.69. The van der Waals surface area contributed by atoms with E-state index in [1.165, 1.54) is 25.1 Å². The average molecular weight is 370 g/mol. The van der Waals surface area contributed by atoms with Crippen molar-refractivity contribution in [1.82, 2.24) is 9.97 Å². The third-order valence-electron chi connectivity index (χ3n) is 4.63. The van der Waals surface area contributed by atoms with E-state index in [9.17, 15) is 13.2 Å². The van der Waals surface area contributed by atoms with Gasteiger partial charge in [0.15, 0.2) is 0 Å². The molecular formula is C22H21F3N2. The summed E-state index contributed by atoms with van der Waals surface area (Å²) in [5.41, 5.74) is 3.11. The molecule has 0 bridgehead atoms. The first-order valence-corrected chi connectivity index (χ1v) is 8.91. The Morgan fingerprint density at radius 2 is 1.33 bits per heavy atom. The first-order valence-electron chi connectivity index (χ1n) is 8.91. The normalized spacial score (nSPS) is 11.0. The first-order chi connectivity index (χ1) is 12.9. The van der Waals surface area contributed by atoms with Gasteiger partial charge in [0, 0.05) is 24.4 Å². The third-order valence-corrected chi connectivity index (χ3v) is 4.63. The zero-order valence-electron chi connectivity index (χ0n) is 15.4. The summed E-state index contributed by atoms with van der Waals surface area (Å²) in [6.45, 7) is 3.28. The Morgan fingerprint density at radius 1 is 0.704 bits per heavy atom. The second-order valence-corrected chi connectivity index (χ2v) is 6.79. The Balaban J connectivity index is 1.57. The molecule has 2 nitrogen and oxygen atoms in total. The predicted octanol–water partition coefficient (Wildman–Crippen LogP) is 5.08. The van der Waals surface area contributed by atoms with E-state index in [0.717, 1.165) is 11.1 Å². The minimum absolute atomic E-state index is 0.0318. The first kappa shape index (κ1) is 19.1. The van der Waals surface area contributed by atoms with Crippen molar-refractivity contribution >= 4 is 0 Å². The van der Waals surface area contributed by atoms with E-state index < -0.39 is 11.6 Å². The third kappa shape index (κ3) is 4.94. The summed E-state index contributed by atoms with van der Waals surface area (Å²) in [5, 5.41) is 0. The molecule has 0 saturated heterocycles. The number of benzene rings is 2. The smallest absolute Gasteiger partial charge is 0.129 e. The number of rotatable bonds is 6. The second kappa shape index (κ2) is 8.33. The number of aromatic nitrogens is 2. The van der Waals surface area contributed by atoms with Crippen molar-refractivity contribution in [2.24, 2.45) is 0 Å². The Labute approximate surface area is 157 Å². The van der Waals surface area contributed by atoms with E-state index in [0.29, 0.717) is 42.6 Å². The van der Waals surface area contributed by atoms with E-state index in [-0.39, 0.29) is 11.4 Å². The molecule has 0 atom stereocenters. The molecule has 0 aliphatic rings. The van der Waals surface area contributed by atoms with Crippen molar-refractivity contribution in [2.75, 3.05) is 0 Å². The summed E-state index contributed by atoms with van der Waals surface area (Å²) < 4.78 is 41.1. The van der Waals surface area contributed by atoms with Gasteiger partial charge in [-0.05, 0) is 73.6 Å². The van der Waals surface area contributed by atoms with Gasteiger partial charge in [0.25, 0.3) is 0 Å². The van der Waals surface area contributed by atoms with Crippen LogP contribution in [0.5, 0.6) is 0 Å². The number of hydrogen-bond acceptors (Lipinski definition) is 2. The zero-order valence-corrected chi connectivity index (χ0v) is 15.4. The van der Waals surface area contributed by atoms with Gasteiger partial charge in [-0.15, -0.1) is 0 Å². The van der Waals surface area contributed by atoms with Crippen LogP contribution in [-0.4, -0.2) is 9.97 Å². The van der Waals surface area contributed by atoms with Crippen molar-refractivity contribution in [3.05, 3.63) is 93.8 Å². The van der Waals surface area contributed by atoms with Crippen molar-refractivity contribution in [1.29, 1.82) is 0 Å². The maximum absolute atomic E-state index is 13.9. The lowest BCUT2D eigenvalue weighted by molar-refractivity contribution is 0.564. The number of halogens is 3. The van der Waals surface area contributed by atoms with Crippen LogP contribution in [0, 0.1) is 31.3 Å². The maximum atomic E-state index is 13.9. The van der Waals surface area contributed by atoms with Crippen molar-refractivity contribution in [3.8, 4) is 0 Å². The van der Waals surface area contributed by atoms with Crippen molar-refractivity contribution in [2.45, 2.75) is 39.5 Å². The largest absolute Gasteiger partial charge is 0.241 e. The van der Waals surface area contributed by atoms with Crippen LogP contribution in [-0.2, 0) is 25.7 Å². The molecule has 2 aromatic carbocycles. The van der Waals surface area contributed by atoms with E-state index in [1.54, 1.807) is 18.5 Å². The molecule has 0 unspecified atom stereocenters. The highest BCUT2D eigenvalue weighted by molar-refractivity contribution is 5.26. The van der Waals surface area contributed by atoms with E-state index >= 15 is 0 Å². The molecular weight excluding hydrogens is 349 g/mol. The Bertz CT molecular complexity index is 914. The van der Waals surface area contributed by atoms with Gasteiger partial charge in [-0.2, -0.15) is 0 Å². The summed E-state index contributed by atoms with van der Waals surface area (Å²) in [5.74, 6) is -0.652. The van der Waals surface area contributed by atoms with Crippen LogP contribution in [0.4, 0.5) is 13.2 Å². The SMILES string of the molecule is Cc1ccc(CCc2cnc(CCc3cc(F)c(C)c(F)c3)nc2)c(F)c1. The van der Waals surface area contributed by atoms with Crippen LogP contribution >= 0.6 is 0 Å². The number of hydrogen-bond donors (Lipinski definition) is 0. The van der Waals surface area contributed by atoms with Gasteiger partial charge in [-0.25, -0.2) is 23.1 Å². The summed E-state index contributed by atoms with van der Waals surface area (Å²) in [6.07, 6.45) is 5.64. The zero-order chi connectivity index (χ0) is 19.4. The van der Waals surface area contributed by atoms with Gasteiger partial charge < -0.3 is 0 Å². The lowest BCUT2D eigenvalue weighted by Gasteiger charge is -2.06. The summed E-state index contributed by atoms with van der Waals surface area (Å²) in [6, 6.07) is 7.94. The average Bonchev–Trinajstić information content (AvgIpc) is 2.64. The number of aryl methyl sites for hydroxylation is 5. The molecule has 0 aliphatic carbocycles. The molecule has 1 heterocycles. The van der Waals surface area contributed by atoms with Crippen LogP contribution in [0.25, 0.3) is 0 Å². The molecule has 3 rings (SSSR count). The molecule has 0 N–H and O–H groups in total. The quantitative estimate of drug-likeness (QED) is 0.605. The fourth-order valence-electron chi connectivity index (χ4n) is 2.87. The topological polar surface area (TPSA) is 25.8 Å². The van der Waals surface area contributed by atoms with Gasteiger partial charge in [-0.1, -0.05) is 12.1 Å². The molecule has 0 fully saturated rings. The summed E-state index contributed by atoms with van der Waals surface area (Å²) in [7, 11) is 0.